The maximum absolute atomic E-state index is 12.7. The van der Waals surface area contributed by atoms with E-state index in [9.17, 15) is 4.79 Å². The molecular weight excluding hydrogens is 392 g/mol. The Morgan fingerprint density at radius 2 is 1.97 bits per heavy atom. The van der Waals surface area contributed by atoms with Crippen molar-refractivity contribution in [3.8, 4) is 0 Å². The number of hydrogen-bond donors (Lipinski definition) is 0. The Balaban J connectivity index is 1.37. The highest BCUT2D eigenvalue weighted by molar-refractivity contribution is 7.99. The Morgan fingerprint density at radius 1 is 1.21 bits per heavy atom. The molecule has 2 aromatic heterocycles. The van der Waals surface area contributed by atoms with E-state index >= 15 is 0 Å². The first kappa shape index (κ1) is 20.2. The van der Waals surface area contributed by atoms with Gasteiger partial charge in [0.1, 0.15) is 5.69 Å². The monoisotopic (exact) mass is 418 g/mol. The van der Waals surface area contributed by atoms with Gasteiger partial charge in [-0.1, -0.05) is 17.0 Å². The smallest absolute Gasteiger partial charge is 0.233 e. The van der Waals surface area contributed by atoms with E-state index in [1.807, 2.05) is 15.8 Å². The predicted octanol–water partition coefficient (Wildman–Crippen LogP) is 1.43. The average Bonchev–Trinajstić information content (AvgIpc) is 3.38. The van der Waals surface area contributed by atoms with Gasteiger partial charge in [-0.05, 0) is 30.7 Å². The lowest BCUT2D eigenvalue weighted by Gasteiger charge is -2.36. The molecule has 1 saturated heterocycles. The molecule has 1 saturated carbocycles. The van der Waals surface area contributed by atoms with Crippen LogP contribution in [-0.4, -0.2) is 74.9 Å². The summed E-state index contributed by atoms with van der Waals surface area (Å²) in [5, 5.41) is 9.12. The molecule has 0 radical (unpaired) electrons. The van der Waals surface area contributed by atoms with Crippen molar-refractivity contribution in [2.24, 2.45) is 11.8 Å². The van der Waals surface area contributed by atoms with E-state index in [1.165, 1.54) is 11.8 Å². The van der Waals surface area contributed by atoms with Crippen LogP contribution in [0.1, 0.15) is 24.6 Å². The second kappa shape index (κ2) is 9.19. The molecule has 0 spiro atoms. The number of ether oxygens (including phenoxy) is 2. The van der Waals surface area contributed by atoms with Gasteiger partial charge in [-0.2, -0.15) is 0 Å². The molecule has 29 heavy (non-hydrogen) atoms. The van der Waals surface area contributed by atoms with Crippen molar-refractivity contribution in [3.63, 3.8) is 0 Å². The minimum atomic E-state index is 0.0653. The molecule has 2 aromatic rings. The molecule has 2 fully saturated rings. The zero-order valence-corrected chi connectivity index (χ0v) is 17.5. The van der Waals surface area contributed by atoms with Gasteiger partial charge in [-0.15, -0.1) is 5.10 Å². The molecule has 4 atom stereocenters. The number of fused-ring (bicyclic) bond motifs is 1. The van der Waals surface area contributed by atoms with Crippen molar-refractivity contribution in [3.05, 3.63) is 30.4 Å². The standard InChI is InChI=1S/C19H26N6O3S/c1-27-11-15-10-25(23-22-15)16-6-13-8-24(9-14(13)7-17(16)28-2)18(26)12-29-19-20-4-3-5-21-19/h3-5,10,13-14,16-17H,6-9,11-12H2,1-2H3/t13-,14+,16-,17-/m1/s1. The third kappa shape index (κ3) is 4.59. The van der Waals surface area contributed by atoms with E-state index in [0.29, 0.717) is 29.4 Å². The fourth-order valence-corrected chi connectivity index (χ4v) is 5.10. The number of nitrogens with zero attached hydrogens (tertiary/aromatic N) is 6. The van der Waals surface area contributed by atoms with E-state index in [0.717, 1.165) is 31.6 Å². The topological polar surface area (TPSA) is 95.3 Å². The minimum absolute atomic E-state index is 0.0653. The summed E-state index contributed by atoms with van der Waals surface area (Å²) in [6.45, 7) is 2.02. The number of thioether (sulfide) groups is 1. The van der Waals surface area contributed by atoms with Crippen LogP contribution in [0.15, 0.2) is 29.8 Å². The second-order valence-corrected chi connectivity index (χ2v) is 8.52. The summed E-state index contributed by atoms with van der Waals surface area (Å²) in [5.41, 5.74) is 0.813. The van der Waals surface area contributed by atoms with Gasteiger partial charge in [-0.3, -0.25) is 4.79 Å². The molecule has 156 valence electrons. The van der Waals surface area contributed by atoms with Crippen LogP contribution in [0.4, 0.5) is 0 Å². The number of carbonyl (C=O) groups is 1. The van der Waals surface area contributed by atoms with E-state index in [4.69, 9.17) is 9.47 Å². The highest BCUT2D eigenvalue weighted by Gasteiger charge is 2.44. The molecule has 10 heteroatoms. The van der Waals surface area contributed by atoms with Crippen molar-refractivity contribution in [2.45, 2.75) is 36.8 Å². The summed E-state index contributed by atoms with van der Waals surface area (Å²) < 4.78 is 12.8. The SMILES string of the molecule is COCc1cn([C@@H]2C[C@@H]3CN(C(=O)CSc4ncccn4)C[C@@H]3C[C@H]2OC)nn1. The zero-order chi connectivity index (χ0) is 20.2. The Hall–Kier alpha value is -2.04. The van der Waals surface area contributed by atoms with Gasteiger partial charge in [0.25, 0.3) is 0 Å². The summed E-state index contributed by atoms with van der Waals surface area (Å²) in [4.78, 5) is 23.0. The Bertz CT molecular complexity index is 819. The number of likely N-dealkylation sites (tertiary alicyclic amines) is 1. The van der Waals surface area contributed by atoms with Gasteiger partial charge in [0.05, 0.1) is 30.7 Å². The molecule has 0 unspecified atom stereocenters. The van der Waals surface area contributed by atoms with Gasteiger partial charge in [0.15, 0.2) is 5.16 Å². The van der Waals surface area contributed by atoms with Gasteiger partial charge in [0, 0.05) is 39.7 Å². The number of hydrogen-bond acceptors (Lipinski definition) is 8. The largest absolute Gasteiger partial charge is 0.379 e. The molecule has 2 aliphatic rings. The molecule has 1 aliphatic heterocycles. The first-order chi connectivity index (χ1) is 14.2. The van der Waals surface area contributed by atoms with Gasteiger partial charge in [0.2, 0.25) is 5.91 Å². The average molecular weight is 419 g/mol. The molecule has 3 heterocycles. The third-order valence-corrected chi connectivity index (χ3v) is 6.66. The zero-order valence-electron chi connectivity index (χ0n) is 16.7. The summed E-state index contributed by atoms with van der Waals surface area (Å²) >= 11 is 1.39. The van der Waals surface area contributed by atoms with Crippen LogP contribution in [0.25, 0.3) is 0 Å². The summed E-state index contributed by atoms with van der Waals surface area (Å²) in [7, 11) is 3.40. The number of aromatic nitrogens is 5. The summed E-state index contributed by atoms with van der Waals surface area (Å²) in [6, 6.07) is 1.90. The van der Waals surface area contributed by atoms with E-state index in [1.54, 1.807) is 32.7 Å². The molecule has 0 aromatic carbocycles. The Labute approximate surface area is 174 Å². The molecule has 9 nitrogen and oxygen atoms in total. The highest BCUT2D eigenvalue weighted by atomic mass is 32.2. The van der Waals surface area contributed by atoms with Crippen molar-refractivity contribution in [2.75, 3.05) is 33.1 Å². The molecular formula is C19H26N6O3S. The highest BCUT2D eigenvalue weighted by Crippen LogP contribution is 2.42. The Kier molecular flexibility index (Phi) is 6.41. The summed E-state index contributed by atoms with van der Waals surface area (Å²) in [6.07, 6.45) is 7.24. The van der Waals surface area contributed by atoms with Crippen LogP contribution >= 0.6 is 11.8 Å². The lowest BCUT2D eigenvalue weighted by atomic mass is 9.77. The number of carbonyl (C=O) groups excluding carboxylic acids is 1. The Morgan fingerprint density at radius 3 is 2.69 bits per heavy atom. The van der Waals surface area contributed by atoms with Crippen LogP contribution in [0, 0.1) is 11.8 Å². The lowest BCUT2D eigenvalue weighted by Crippen LogP contribution is -2.37. The fraction of sp³-hybridized carbons (Fsp3) is 0.632. The molecule has 1 aliphatic carbocycles. The molecule has 4 rings (SSSR count). The predicted molar refractivity (Wildman–Crippen MR) is 106 cm³/mol. The third-order valence-electron chi connectivity index (χ3n) is 5.80. The van der Waals surface area contributed by atoms with Crippen molar-refractivity contribution >= 4 is 17.7 Å². The normalized spacial score (nSPS) is 26.5. The lowest BCUT2D eigenvalue weighted by molar-refractivity contribution is -0.127. The number of amides is 1. The molecule has 0 N–H and O–H groups in total. The fourth-order valence-electron chi connectivity index (χ4n) is 4.39. The van der Waals surface area contributed by atoms with Crippen LogP contribution in [0.3, 0.4) is 0 Å². The molecule has 1 amide bonds. The minimum Gasteiger partial charge on any atom is -0.379 e. The van der Waals surface area contributed by atoms with Crippen molar-refractivity contribution in [1.29, 1.82) is 0 Å². The van der Waals surface area contributed by atoms with E-state index in [2.05, 4.69) is 20.3 Å². The van der Waals surface area contributed by atoms with Gasteiger partial charge < -0.3 is 14.4 Å². The first-order valence-electron chi connectivity index (χ1n) is 9.78. The number of methoxy groups -OCH3 is 2. The maximum Gasteiger partial charge on any atom is 0.233 e. The van der Waals surface area contributed by atoms with Crippen molar-refractivity contribution < 1.29 is 14.3 Å². The van der Waals surface area contributed by atoms with Crippen LogP contribution in [-0.2, 0) is 20.9 Å². The van der Waals surface area contributed by atoms with Crippen molar-refractivity contribution in [1.82, 2.24) is 29.9 Å². The van der Waals surface area contributed by atoms with Crippen LogP contribution < -0.4 is 0 Å². The quantitative estimate of drug-likeness (QED) is 0.492. The van der Waals surface area contributed by atoms with Crippen LogP contribution in [0.2, 0.25) is 0 Å². The van der Waals surface area contributed by atoms with Gasteiger partial charge in [-0.25, -0.2) is 14.6 Å². The first-order valence-corrected chi connectivity index (χ1v) is 10.8. The maximum atomic E-state index is 12.7. The van der Waals surface area contributed by atoms with E-state index < -0.39 is 0 Å². The van der Waals surface area contributed by atoms with E-state index in [-0.39, 0.29) is 18.1 Å². The number of rotatable bonds is 7. The van der Waals surface area contributed by atoms with Crippen LogP contribution in [0.5, 0.6) is 0 Å². The van der Waals surface area contributed by atoms with Gasteiger partial charge >= 0.3 is 0 Å². The molecule has 0 bridgehead atoms. The second-order valence-electron chi connectivity index (χ2n) is 7.57. The summed E-state index contributed by atoms with van der Waals surface area (Å²) in [5.74, 6) is 1.42.